The van der Waals surface area contributed by atoms with Gasteiger partial charge in [0.25, 0.3) is 0 Å². The number of hydrogen-bond donors (Lipinski definition) is 0. The van der Waals surface area contributed by atoms with Gasteiger partial charge in [0, 0.05) is 17.8 Å². The van der Waals surface area contributed by atoms with Crippen molar-refractivity contribution in [1.29, 1.82) is 0 Å². The summed E-state index contributed by atoms with van der Waals surface area (Å²) < 4.78 is 32.2. The second-order valence-corrected chi connectivity index (χ2v) is 6.20. The summed E-state index contributed by atoms with van der Waals surface area (Å²) >= 11 is 0. The smallest absolute Gasteiger partial charge is 0.379 e. The summed E-state index contributed by atoms with van der Waals surface area (Å²) in [5, 5.41) is 0. The molecule has 0 aliphatic carbocycles. The lowest BCUT2D eigenvalue weighted by Gasteiger charge is -2.01. The summed E-state index contributed by atoms with van der Waals surface area (Å²) in [6.07, 6.45) is 9.51. The fraction of sp³-hybridized carbons (Fsp3) is 1.00. The highest BCUT2D eigenvalue weighted by atomic mass is 31.1. The molecule has 0 heterocycles. The van der Waals surface area contributed by atoms with Crippen LogP contribution in [0.1, 0.15) is 65.2 Å². The zero-order valence-electron chi connectivity index (χ0n) is 14.4. The Balaban J connectivity index is 3.13. The van der Waals surface area contributed by atoms with Gasteiger partial charge < -0.3 is 9.47 Å². The molecule has 0 rings (SSSR count). The van der Waals surface area contributed by atoms with Crippen molar-refractivity contribution < 1.29 is 23.1 Å². The highest BCUT2D eigenvalue weighted by molar-refractivity contribution is 7.33. The van der Waals surface area contributed by atoms with E-state index < -0.39 is 8.25 Å². The number of rotatable bonds is 18. The Morgan fingerprint density at radius 2 is 1.05 bits per heavy atom. The molecule has 0 fully saturated rings. The average molecular weight is 337 g/mol. The highest BCUT2D eigenvalue weighted by Gasteiger charge is 2.19. The van der Waals surface area contributed by atoms with Crippen LogP contribution >= 0.6 is 8.25 Å². The molecule has 0 bridgehead atoms. The Morgan fingerprint density at radius 3 is 1.45 bits per heavy atom. The van der Waals surface area contributed by atoms with E-state index in [1.54, 1.807) is 0 Å². The number of ether oxygens (including phenoxy) is 2. The van der Waals surface area contributed by atoms with Gasteiger partial charge in [0.2, 0.25) is 0 Å². The first kappa shape index (κ1) is 21.9. The van der Waals surface area contributed by atoms with Crippen LogP contribution in [0, 0.1) is 0 Å². The predicted molar refractivity (Wildman–Crippen MR) is 89.4 cm³/mol. The second kappa shape index (κ2) is 19.0. The molecule has 22 heavy (non-hydrogen) atoms. The molecular formula is C16H34O5P+. The molecule has 6 heteroatoms. The van der Waals surface area contributed by atoms with Gasteiger partial charge in [-0.25, -0.2) is 0 Å². The molecule has 132 valence electrons. The lowest BCUT2D eigenvalue weighted by Crippen LogP contribution is -2.05. The predicted octanol–water partition coefficient (Wildman–Crippen LogP) is 4.87. The summed E-state index contributed by atoms with van der Waals surface area (Å²) in [7, 11) is -2.05. The van der Waals surface area contributed by atoms with Gasteiger partial charge in [-0.15, -0.1) is 9.05 Å². The van der Waals surface area contributed by atoms with E-state index in [9.17, 15) is 4.57 Å². The third-order valence-electron chi connectivity index (χ3n) is 3.13. The van der Waals surface area contributed by atoms with Crippen LogP contribution in [0.2, 0.25) is 0 Å². The molecule has 0 radical (unpaired) electrons. The average Bonchev–Trinajstić information content (AvgIpc) is 2.52. The van der Waals surface area contributed by atoms with Gasteiger partial charge in [0.05, 0.1) is 13.2 Å². The first-order chi connectivity index (χ1) is 10.8. The molecule has 0 unspecified atom stereocenters. The van der Waals surface area contributed by atoms with Crippen LogP contribution in [-0.4, -0.2) is 39.6 Å². The summed E-state index contributed by atoms with van der Waals surface area (Å²) in [6, 6.07) is 0. The monoisotopic (exact) mass is 337 g/mol. The van der Waals surface area contributed by atoms with Crippen LogP contribution in [0.15, 0.2) is 0 Å². The van der Waals surface area contributed by atoms with Gasteiger partial charge in [-0.1, -0.05) is 52.4 Å². The van der Waals surface area contributed by atoms with Gasteiger partial charge in [-0.2, -0.15) is 0 Å². The van der Waals surface area contributed by atoms with Crippen molar-refractivity contribution in [3.05, 3.63) is 0 Å². The fourth-order valence-corrected chi connectivity index (χ4v) is 2.37. The van der Waals surface area contributed by atoms with Crippen LogP contribution < -0.4 is 0 Å². The number of hydrogen-bond acceptors (Lipinski definition) is 5. The molecule has 0 saturated carbocycles. The zero-order valence-corrected chi connectivity index (χ0v) is 15.3. The van der Waals surface area contributed by atoms with E-state index in [1.807, 2.05) is 0 Å². The van der Waals surface area contributed by atoms with Gasteiger partial charge >= 0.3 is 8.25 Å². The molecule has 0 aromatic heterocycles. The van der Waals surface area contributed by atoms with Crippen LogP contribution in [0.4, 0.5) is 0 Å². The van der Waals surface area contributed by atoms with Gasteiger partial charge in [0.1, 0.15) is 13.2 Å². The van der Waals surface area contributed by atoms with E-state index in [4.69, 9.17) is 18.5 Å². The largest absolute Gasteiger partial charge is 0.697 e. The zero-order chi connectivity index (χ0) is 16.3. The van der Waals surface area contributed by atoms with Gasteiger partial charge in [0.15, 0.2) is 0 Å². The van der Waals surface area contributed by atoms with Gasteiger partial charge in [-0.05, 0) is 12.8 Å². The maximum atomic E-state index is 11.4. The Bertz CT molecular complexity index is 217. The molecule has 0 aliphatic heterocycles. The minimum absolute atomic E-state index is 0.306. The maximum Gasteiger partial charge on any atom is 0.697 e. The Hall–Kier alpha value is -0.0600. The summed E-state index contributed by atoms with van der Waals surface area (Å²) in [5.41, 5.74) is 0. The first-order valence-electron chi connectivity index (χ1n) is 8.69. The van der Waals surface area contributed by atoms with Crippen molar-refractivity contribution in [2.24, 2.45) is 0 Å². The lowest BCUT2D eigenvalue weighted by atomic mass is 10.2. The van der Waals surface area contributed by atoms with E-state index in [1.165, 1.54) is 38.5 Å². The minimum Gasteiger partial charge on any atom is -0.379 e. The molecule has 0 aromatic rings. The van der Waals surface area contributed by atoms with Crippen LogP contribution in [-0.2, 0) is 23.1 Å². The topological polar surface area (TPSA) is 54.0 Å². The lowest BCUT2D eigenvalue weighted by molar-refractivity contribution is 0.0774. The molecule has 0 N–H and O–H groups in total. The standard InChI is InChI=1S/C16H34O5P/c1-3-5-7-9-11-18-13-15-20-22(17)21-16-14-19-12-10-8-6-4-2/h3-16H2,1-2H3/q+1. The van der Waals surface area contributed by atoms with E-state index in [0.717, 1.165) is 26.1 Å². The Labute approximate surface area is 137 Å². The quantitative estimate of drug-likeness (QED) is 0.264. The fourth-order valence-electron chi connectivity index (χ4n) is 1.84. The van der Waals surface area contributed by atoms with E-state index in [2.05, 4.69) is 13.8 Å². The Kier molecular flexibility index (Phi) is 18.9. The van der Waals surface area contributed by atoms with Crippen molar-refractivity contribution in [3.8, 4) is 0 Å². The van der Waals surface area contributed by atoms with Gasteiger partial charge in [-0.3, -0.25) is 0 Å². The number of unbranched alkanes of at least 4 members (excludes halogenated alkanes) is 6. The van der Waals surface area contributed by atoms with E-state index in [0.29, 0.717) is 26.4 Å². The Morgan fingerprint density at radius 1 is 0.591 bits per heavy atom. The summed E-state index contributed by atoms with van der Waals surface area (Å²) in [6.45, 7) is 7.39. The van der Waals surface area contributed by atoms with Crippen molar-refractivity contribution in [2.45, 2.75) is 65.2 Å². The SMILES string of the molecule is CCCCCCOCCO[P+](=O)OCCOCCCCCC. The molecule has 0 aliphatic rings. The second-order valence-electron chi connectivity index (χ2n) is 5.24. The molecular weight excluding hydrogens is 303 g/mol. The third-order valence-corrected chi connectivity index (χ3v) is 3.92. The summed E-state index contributed by atoms with van der Waals surface area (Å²) in [5.74, 6) is 0. The van der Waals surface area contributed by atoms with Crippen LogP contribution in [0.25, 0.3) is 0 Å². The summed E-state index contributed by atoms with van der Waals surface area (Å²) in [4.78, 5) is 0. The first-order valence-corrected chi connectivity index (χ1v) is 9.79. The third kappa shape index (κ3) is 18.0. The van der Waals surface area contributed by atoms with Crippen LogP contribution in [0.5, 0.6) is 0 Å². The molecule has 5 nitrogen and oxygen atoms in total. The molecule has 0 spiro atoms. The molecule has 0 aromatic carbocycles. The van der Waals surface area contributed by atoms with Crippen molar-refractivity contribution >= 4 is 8.25 Å². The van der Waals surface area contributed by atoms with Crippen LogP contribution in [0.3, 0.4) is 0 Å². The minimum atomic E-state index is -2.05. The highest BCUT2D eigenvalue weighted by Crippen LogP contribution is 2.22. The van der Waals surface area contributed by atoms with Crippen molar-refractivity contribution in [2.75, 3.05) is 39.6 Å². The van der Waals surface area contributed by atoms with Crippen molar-refractivity contribution in [1.82, 2.24) is 0 Å². The molecule has 0 saturated heterocycles. The molecule has 0 amide bonds. The van der Waals surface area contributed by atoms with E-state index in [-0.39, 0.29) is 0 Å². The van der Waals surface area contributed by atoms with E-state index >= 15 is 0 Å². The van der Waals surface area contributed by atoms with Crippen molar-refractivity contribution in [3.63, 3.8) is 0 Å². The normalized spacial score (nSPS) is 11.0. The molecule has 0 atom stereocenters. The maximum absolute atomic E-state index is 11.4.